The third-order valence-corrected chi connectivity index (χ3v) is 2.39. The molecule has 6 heteroatoms. The molecule has 0 heterocycles. The number of carboxylic acids is 2. The van der Waals surface area contributed by atoms with Crippen LogP contribution in [0.5, 0.6) is 0 Å². The number of hydrogen-bond acceptors (Lipinski definition) is 4. The first kappa shape index (κ1) is 16.4. The number of carboxylic acid groups (broad SMARTS) is 2. The Hall–Kier alpha value is -1.59. The average Bonchev–Trinajstić information content (AvgIpc) is 2.27. The van der Waals surface area contributed by atoms with Gasteiger partial charge in [-0.3, -0.25) is 9.59 Å². The molecule has 0 aromatic rings. The van der Waals surface area contributed by atoms with Gasteiger partial charge in [0.15, 0.2) is 0 Å². The fourth-order valence-corrected chi connectivity index (χ4v) is 1.43. The molecule has 6 nitrogen and oxygen atoms in total. The summed E-state index contributed by atoms with van der Waals surface area (Å²) in [5.74, 6) is -3.39. The van der Waals surface area contributed by atoms with Crippen LogP contribution in [-0.2, 0) is 19.1 Å². The predicted octanol–water partition coefficient (Wildman–Crippen LogP) is 1.82. The molecule has 0 saturated carbocycles. The molecule has 1 unspecified atom stereocenters. The van der Waals surface area contributed by atoms with Gasteiger partial charge in [0.05, 0.1) is 6.42 Å². The molecule has 0 aromatic heterocycles. The molecule has 0 aliphatic rings. The summed E-state index contributed by atoms with van der Waals surface area (Å²) in [6.45, 7) is 2.08. The van der Waals surface area contributed by atoms with Gasteiger partial charge in [-0.05, 0) is 6.42 Å². The maximum Gasteiger partial charge on any atom is 0.345 e. The van der Waals surface area contributed by atoms with Crippen molar-refractivity contribution in [2.75, 3.05) is 0 Å². The van der Waals surface area contributed by atoms with Gasteiger partial charge in [-0.15, -0.1) is 0 Å². The van der Waals surface area contributed by atoms with Crippen molar-refractivity contribution in [3.63, 3.8) is 0 Å². The molecule has 0 rings (SSSR count). The van der Waals surface area contributed by atoms with Gasteiger partial charge >= 0.3 is 17.9 Å². The lowest BCUT2D eigenvalue weighted by atomic mass is 10.1. The standard InChI is InChI=1S/C12H20O6/c1-2-3-4-5-6-7-11(15)18-9(12(16)17)8-10(13)14/h9H,2-8H2,1H3,(H,13,14)(H,16,17). The molecule has 2 N–H and O–H groups in total. The lowest BCUT2D eigenvalue weighted by Gasteiger charge is -2.11. The van der Waals surface area contributed by atoms with Crippen LogP contribution in [0.25, 0.3) is 0 Å². The average molecular weight is 260 g/mol. The first-order valence-electron chi connectivity index (χ1n) is 6.11. The highest BCUT2D eigenvalue weighted by Crippen LogP contribution is 2.08. The van der Waals surface area contributed by atoms with Gasteiger partial charge in [0.1, 0.15) is 0 Å². The Kier molecular flexibility index (Phi) is 8.61. The third kappa shape index (κ3) is 8.55. The predicted molar refractivity (Wildman–Crippen MR) is 63.1 cm³/mol. The number of hydrogen-bond donors (Lipinski definition) is 2. The largest absolute Gasteiger partial charge is 0.481 e. The zero-order valence-electron chi connectivity index (χ0n) is 10.6. The highest BCUT2D eigenvalue weighted by Gasteiger charge is 2.24. The molecule has 0 saturated heterocycles. The molecule has 18 heavy (non-hydrogen) atoms. The van der Waals surface area contributed by atoms with Gasteiger partial charge in [0.25, 0.3) is 0 Å². The van der Waals surface area contributed by atoms with Crippen LogP contribution in [0.15, 0.2) is 0 Å². The molecule has 1 atom stereocenters. The van der Waals surface area contributed by atoms with Crippen LogP contribution in [0.1, 0.15) is 51.9 Å². The van der Waals surface area contributed by atoms with Crippen molar-refractivity contribution in [3.05, 3.63) is 0 Å². The van der Waals surface area contributed by atoms with E-state index in [1.54, 1.807) is 0 Å². The van der Waals surface area contributed by atoms with E-state index in [1.807, 2.05) is 0 Å². The Morgan fingerprint density at radius 3 is 2.17 bits per heavy atom. The van der Waals surface area contributed by atoms with Gasteiger partial charge < -0.3 is 14.9 Å². The van der Waals surface area contributed by atoms with Gasteiger partial charge in [-0.25, -0.2) is 4.79 Å². The van der Waals surface area contributed by atoms with Crippen molar-refractivity contribution in [1.82, 2.24) is 0 Å². The smallest absolute Gasteiger partial charge is 0.345 e. The van der Waals surface area contributed by atoms with E-state index in [0.29, 0.717) is 6.42 Å². The molecular formula is C12H20O6. The molecule has 0 spiro atoms. The second kappa shape index (κ2) is 9.44. The Balaban J connectivity index is 3.88. The normalized spacial score (nSPS) is 11.8. The number of esters is 1. The Bertz CT molecular complexity index is 286. The first-order valence-corrected chi connectivity index (χ1v) is 6.11. The summed E-state index contributed by atoms with van der Waals surface area (Å²) in [6, 6.07) is 0. The number of carbonyl (C=O) groups excluding carboxylic acids is 1. The van der Waals surface area contributed by atoms with Crippen molar-refractivity contribution in [2.24, 2.45) is 0 Å². The monoisotopic (exact) mass is 260 g/mol. The van der Waals surface area contributed by atoms with Gasteiger partial charge in [0.2, 0.25) is 6.10 Å². The van der Waals surface area contributed by atoms with E-state index in [-0.39, 0.29) is 6.42 Å². The molecule has 0 fully saturated rings. The molecular weight excluding hydrogens is 240 g/mol. The van der Waals surface area contributed by atoms with Crippen LogP contribution in [0.3, 0.4) is 0 Å². The minimum absolute atomic E-state index is 0.132. The topological polar surface area (TPSA) is 101 Å². The highest BCUT2D eigenvalue weighted by atomic mass is 16.6. The van der Waals surface area contributed by atoms with E-state index < -0.39 is 30.4 Å². The van der Waals surface area contributed by atoms with E-state index in [4.69, 9.17) is 10.2 Å². The van der Waals surface area contributed by atoms with Crippen molar-refractivity contribution in [3.8, 4) is 0 Å². The lowest BCUT2D eigenvalue weighted by Crippen LogP contribution is -2.29. The lowest BCUT2D eigenvalue weighted by molar-refractivity contribution is -0.167. The SMILES string of the molecule is CCCCCCCC(=O)OC(CC(=O)O)C(=O)O. The zero-order chi connectivity index (χ0) is 14.0. The van der Waals surface area contributed by atoms with E-state index in [0.717, 1.165) is 25.7 Å². The molecule has 104 valence electrons. The molecule has 0 amide bonds. The fourth-order valence-electron chi connectivity index (χ4n) is 1.43. The molecule has 0 bridgehead atoms. The number of ether oxygens (including phenoxy) is 1. The van der Waals surface area contributed by atoms with E-state index in [9.17, 15) is 14.4 Å². The Morgan fingerprint density at radius 2 is 1.67 bits per heavy atom. The summed E-state index contributed by atoms with van der Waals surface area (Å²) in [5.41, 5.74) is 0. The number of unbranched alkanes of at least 4 members (excludes halogenated alkanes) is 4. The van der Waals surface area contributed by atoms with Gasteiger partial charge in [-0.2, -0.15) is 0 Å². The summed E-state index contributed by atoms with van der Waals surface area (Å²) in [6.07, 6.45) is 2.59. The van der Waals surface area contributed by atoms with Crippen LogP contribution >= 0.6 is 0 Å². The second-order valence-corrected chi connectivity index (χ2v) is 4.08. The van der Waals surface area contributed by atoms with Crippen LogP contribution in [0.2, 0.25) is 0 Å². The summed E-state index contributed by atoms with van der Waals surface area (Å²) < 4.78 is 4.61. The summed E-state index contributed by atoms with van der Waals surface area (Å²) in [7, 11) is 0. The zero-order valence-corrected chi connectivity index (χ0v) is 10.6. The molecule has 0 aromatic carbocycles. The third-order valence-electron chi connectivity index (χ3n) is 2.39. The minimum Gasteiger partial charge on any atom is -0.481 e. The quantitative estimate of drug-likeness (QED) is 0.459. The number of carbonyl (C=O) groups is 3. The highest BCUT2D eigenvalue weighted by molar-refractivity contribution is 5.82. The van der Waals surface area contributed by atoms with Crippen LogP contribution in [0, 0.1) is 0 Å². The van der Waals surface area contributed by atoms with E-state index in [1.165, 1.54) is 0 Å². The fraction of sp³-hybridized carbons (Fsp3) is 0.750. The summed E-state index contributed by atoms with van der Waals surface area (Å²) in [4.78, 5) is 32.3. The summed E-state index contributed by atoms with van der Waals surface area (Å²) >= 11 is 0. The van der Waals surface area contributed by atoms with Crippen LogP contribution in [-0.4, -0.2) is 34.2 Å². The number of aliphatic carboxylic acids is 2. The van der Waals surface area contributed by atoms with E-state index >= 15 is 0 Å². The molecule has 0 aliphatic heterocycles. The van der Waals surface area contributed by atoms with E-state index in [2.05, 4.69) is 11.7 Å². The molecule has 0 radical (unpaired) electrons. The Labute approximate surface area is 106 Å². The first-order chi connectivity index (χ1) is 8.47. The molecule has 0 aliphatic carbocycles. The minimum atomic E-state index is -1.59. The van der Waals surface area contributed by atoms with Crippen molar-refractivity contribution in [2.45, 2.75) is 58.0 Å². The van der Waals surface area contributed by atoms with Crippen molar-refractivity contribution < 1.29 is 29.3 Å². The Morgan fingerprint density at radius 1 is 1.06 bits per heavy atom. The second-order valence-electron chi connectivity index (χ2n) is 4.08. The van der Waals surface area contributed by atoms with Crippen LogP contribution in [0.4, 0.5) is 0 Å². The maximum absolute atomic E-state index is 11.3. The number of rotatable bonds is 10. The van der Waals surface area contributed by atoms with Gasteiger partial charge in [-0.1, -0.05) is 32.6 Å². The maximum atomic E-state index is 11.3. The van der Waals surface area contributed by atoms with Gasteiger partial charge in [0, 0.05) is 6.42 Å². The van der Waals surface area contributed by atoms with Crippen molar-refractivity contribution >= 4 is 17.9 Å². The summed E-state index contributed by atoms with van der Waals surface area (Å²) in [5, 5.41) is 17.1. The van der Waals surface area contributed by atoms with Crippen molar-refractivity contribution in [1.29, 1.82) is 0 Å². The van der Waals surface area contributed by atoms with Crippen LogP contribution < -0.4 is 0 Å².